The van der Waals surface area contributed by atoms with E-state index in [2.05, 4.69) is 11.1 Å². The first-order chi connectivity index (χ1) is 20.6. The average Bonchev–Trinajstić information content (AvgIpc) is 3.29. The maximum Gasteiger partial charge on any atom is 0.338 e. The number of halogens is 2. The number of carbonyl (C=O) groups is 4. The number of imide groups is 1. The van der Waals surface area contributed by atoms with Gasteiger partial charge in [0.25, 0.3) is 0 Å². The number of nitrogens with zero attached hydrogens (tertiary/aromatic N) is 3. The van der Waals surface area contributed by atoms with E-state index in [0.29, 0.717) is 31.9 Å². The van der Waals surface area contributed by atoms with Crippen LogP contribution in [0.2, 0.25) is 10.0 Å². The van der Waals surface area contributed by atoms with E-state index in [9.17, 15) is 24.4 Å². The number of nitriles is 1. The molecule has 11 heteroatoms. The lowest BCUT2D eigenvalue weighted by atomic mass is 10.1. The van der Waals surface area contributed by atoms with Crippen molar-refractivity contribution in [2.75, 3.05) is 11.5 Å². The Labute approximate surface area is 261 Å². The van der Waals surface area contributed by atoms with Crippen LogP contribution >= 0.6 is 35.0 Å². The van der Waals surface area contributed by atoms with Crippen LogP contribution in [0.15, 0.2) is 83.9 Å². The number of Topliss-reactive ketones (excluding diaryl/α,β-unsaturated/α-hetero) is 1. The van der Waals surface area contributed by atoms with E-state index in [1.807, 2.05) is 6.92 Å². The van der Waals surface area contributed by atoms with Crippen molar-refractivity contribution in [3.63, 3.8) is 0 Å². The Morgan fingerprint density at radius 2 is 1.67 bits per heavy atom. The number of aryl methyl sites for hydroxylation is 1. The third kappa shape index (κ3) is 6.62. The molecular formula is C32H21Cl2N3O5S. The molecule has 214 valence electrons. The number of aromatic nitrogens is 1. The van der Waals surface area contributed by atoms with Gasteiger partial charge in [0, 0.05) is 17.5 Å². The number of anilines is 1. The van der Waals surface area contributed by atoms with Gasteiger partial charge in [0.1, 0.15) is 11.1 Å². The van der Waals surface area contributed by atoms with Crippen LogP contribution in [-0.2, 0) is 14.3 Å². The number of carbonyl (C=O) groups excluding carboxylic acids is 4. The Kier molecular flexibility index (Phi) is 8.92. The maximum absolute atomic E-state index is 13.3. The summed E-state index contributed by atoms with van der Waals surface area (Å²) >= 11 is 13.2. The number of hydrogen-bond acceptors (Lipinski definition) is 8. The number of ether oxygens (including phenoxy) is 1. The number of ketones is 1. The monoisotopic (exact) mass is 629 g/mol. The normalized spacial score (nSPS) is 14.5. The SMILES string of the molecule is Cc1ccc(C(=O)COC(=O)c2ccc(N3C(=O)CC(Sc4nc(-c5ccc(Cl)c(Cl)c5)ccc4C#N)C3=O)cc2)cc1. The van der Waals surface area contributed by atoms with Crippen LogP contribution in [0, 0.1) is 18.3 Å². The van der Waals surface area contributed by atoms with Gasteiger partial charge in [-0.2, -0.15) is 5.26 Å². The lowest BCUT2D eigenvalue weighted by molar-refractivity contribution is -0.121. The van der Waals surface area contributed by atoms with E-state index < -0.39 is 29.6 Å². The minimum Gasteiger partial charge on any atom is -0.454 e. The number of amides is 2. The van der Waals surface area contributed by atoms with Gasteiger partial charge >= 0.3 is 5.97 Å². The van der Waals surface area contributed by atoms with Gasteiger partial charge < -0.3 is 4.74 Å². The largest absolute Gasteiger partial charge is 0.454 e. The van der Waals surface area contributed by atoms with Gasteiger partial charge in [0.05, 0.1) is 37.8 Å². The lowest BCUT2D eigenvalue weighted by Gasteiger charge is -2.15. The zero-order chi connectivity index (χ0) is 30.7. The molecule has 8 nitrogen and oxygen atoms in total. The van der Waals surface area contributed by atoms with Gasteiger partial charge in [-0.1, -0.05) is 70.9 Å². The van der Waals surface area contributed by atoms with Crippen molar-refractivity contribution in [2.24, 2.45) is 0 Å². The summed E-state index contributed by atoms with van der Waals surface area (Å²) in [7, 11) is 0. The van der Waals surface area contributed by atoms with Crippen molar-refractivity contribution < 1.29 is 23.9 Å². The molecule has 0 bridgehead atoms. The maximum atomic E-state index is 13.3. The van der Waals surface area contributed by atoms with Crippen LogP contribution in [-0.4, -0.2) is 40.4 Å². The van der Waals surface area contributed by atoms with Crippen molar-refractivity contribution in [3.05, 3.63) is 111 Å². The summed E-state index contributed by atoms with van der Waals surface area (Å²) in [4.78, 5) is 56.7. The molecule has 1 aromatic heterocycles. The second-order valence-electron chi connectivity index (χ2n) is 9.58. The smallest absolute Gasteiger partial charge is 0.338 e. The average molecular weight is 631 g/mol. The first kappa shape index (κ1) is 30.0. The highest BCUT2D eigenvalue weighted by atomic mass is 35.5. The van der Waals surface area contributed by atoms with Gasteiger partial charge in [-0.15, -0.1) is 0 Å². The summed E-state index contributed by atoms with van der Waals surface area (Å²) in [5.41, 5.74) is 3.34. The summed E-state index contributed by atoms with van der Waals surface area (Å²) in [6, 6.07) is 23.1. The molecule has 4 aromatic rings. The Morgan fingerprint density at radius 1 is 0.977 bits per heavy atom. The molecule has 2 amide bonds. The summed E-state index contributed by atoms with van der Waals surface area (Å²) in [5.74, 6) is -1.95. The van der Waals surface area contributed by atoms with E-state index in [-0.39, 0.29) is 29.0 Å². The van der Waals surface area contributed by atoms with E-state index in [1.165, 1.54) is 24.3 Å². The van der Waals surface area contributed by atoms with Crippen molar-refractivity contribution in [3.8, 4) is 17.3 Å². The van der Waals surface area contributed by atoms with Crippen molar-refractivity contribution in [2.45, 2.75) is 23.6 Å². The fourth-order valence-electron chi connectivity index (χ4n) is 4.32. The Balaban J connectivity index is 1.26. The summed E-state index contributed by atoms with van der Waals surface area (Å²) < 4.78 is 5.15. The number of benzene rings is 3. The van der Waals surface area contributed by atoms with Crippen LogP contribution in [0.25, 0.3) is 11.3 Å². The minimum absolute atomic E-state index is 0.0992. The molecular weight excluding hydrogens is 609 g/mol. The zero-order valence-corrected chi connectivity index (χ0v) is 24.9. The standard InChI is InChI=1S/C32H21Cl2N3O5S/c1-18-2-4-19(5-3-18)27(38)17-42-32(41)20-6-10-23(11-7-20)37-29(39)15-28(31(37)40)43-30-22(16-35)9-13-26(36-30)21-8-12-24(33)25(34)14-21/h2-14,28H,15,17H2,1H3. The van der Waals surface area contributed by atoms with Crippen molar-refractivity contribution in [1.82, 2.24) is 4.98 Å². The molecule has 1 saturated heterocycles. The predicted molar refractivity (Wildman–Crippen MR) is 163 cm³/mol. The quantitative estimate of drug-likeness (QED) is 0.120. The first-order valence-corrected chi connectivity index (χ1v) is 14.5. The van der Waals surface area contributed by atoms with Gasteiger partial charge in [-0.25, -0.2) is 14.7 Å². The second kappa shape index (κ2) is 12.8. The van der Waals surface area contributed by atoms with Crippen molar-refractivity contribution >= 4 is 64.2 Å². The van der Waals surface area contributed by atoms with Crippen LogP contribution in [0.4, 0.5) is 5.69 Å². The Morgan fingerprint density at radius 3 is 2.35 bits per heavy atom. The highest BCUT2D eigenvalue weighted by Crippen LogP contribution is 2.36. The molecule has 3 aromatic carbocycles. The molecule has 0 spiro atoms. The molecule has 2 heterocycles. The van der Waals surface area contributed by atoms with E-state index in [0.717, 1.165) is 22.2 Å². The fourth-order valence-corrected chi connectivity index (χ4v) is 5.71. The number of pyridine rings is 1. The topological polar surface area (TPSA) is 117 Å². The molecule has 0 N–H and O–H groups in total. The third-order valence-corrected chi connectivity index (χ3v) is 8.55. The molecule has 5 rings (SSSR count). The van der Waals surface area contributed by atoms with Crippen LogP contribution < -0.4 is 4.90 Å². The predicted octanol–water partition coefficient (Wildman–Crippen LogP) is 6.70. The molecule has 1 aliphatic rings. The fraction of sp³-hybridized carbons (Fsp3) is 0.125. The zero-order valence-electron chi connectivity index (χ0n) is 22.5. The molecule has 0 aliphatic carbocycles. The third-order valence-electron chi connectivity index (χ3n) is 6.62. The van der Waals surface area contributed by atoms with E-state index in [1.54, 1.807) is 54.6 Å². The summed E-state index contributed by atoms with van der Waals surface area (Å²) in [5, 5.41) is 9.86. The van der Waals surface area contributed by atoms with Gasteiger partial charge in [0.15, 0.2) is 12.4 Å². The molecule has 0 radical (unpaired) electrons. The summed E-state index contributed by atoms with van der Waals surface area (Å²) in [6.07, 6.45) is -0.0992. The molecule has 1 atom stereocenters. The minimum atomic E-state index is -0.811. The van der Waals surface area contributed by atoms with Crippen LogP contribution in [0.5, 0.6) is 0 Å². The van der Waals surface area contributed by atoms with Gasteiger partial charge in [-0.05, 0) is 55.5 Å². The summed E-state index contributed by atoms with van der Waals surface area (Å²) in [6.45, 7) is 1.48. The molecule has 43 heavy (non-hydrogen) atoms. The van der Waals surface area contributed by atoms with Gasteiger partial charge in [-0.3, -0.25) is 14.4 Å². The number of rotatable bonds is 8. The first-order valence-electron chi connectivity index (χ1n) is 12.9. The van der Waals surface area contributed by atoms with Crippen LogP contribution in [0.3, 0.4) is 0 Å². The van der Waals surface area contributed by atoms with E-state index in [4.69, 9.17) is 27.9 Å². The number of esters is 1. The highest BCUT2D eigenvalue weighted by Gasteiger charge is 2.41. The molecule has 1 unspecified atom stereocenters. The lowest BCUT2D eigenvalue weighted by Crippen LogP contribution is -2.31. The molecule has 0 saturated carbocycles. The molecule has 1 aliphatic heterocycles. The molecule has 1 fully saturated rings. The van der Waals surface area contributed by atoms with E-state index >= 15 is 0 Å². The number of thioether (sulfide) groups is 1. The Hall–Kier alpha value is -4.49. The highest BCUT2D eigenvalue weighted by molar-refractivity contribution is 8.00. The van der Waals surface area contributed by atoms with Crippen LogP contribution in [0.1, 0.15) is 38.3 Å². The second-order valence-corrected chi connectivity index (χ2v) is 11.6. The van der Waals surface area contributed by atoms with Gasteiger partial charge in [0.2, 0.25) is 11.8 Å². The Bertz CT molecular complexity index is 1800. The number of hydrogen-bond donors (Lipinski definition) is 0. The van der Waals surface area contributed by atoms with Crippen molar-refractivity contribution in [1.29, 1.82) is 5.26 Å².